The summed E-state index contributed by atoms with van der Waals surface area (Å²) in [5, 5.41) is 8.89. The molecule has 0 saturated heterocycles. The number of H-pyrrole nitrogens is 1. The van der Waals surface area contributed by atoms with E-state index >= 15 is 0 Å². The molecule has 0 aliphatic heterocycles. The van der Waals surface area contributed by atoms with E-state index in [4.69, 9.17) is 17.3 Å². The summed E-state index contributed by atoms with van der Waals surface area (Å²) in [6.07, 6.45) is 0.788. The highest BCUT2D eigenvalue weighted by Gasteiger charge is 2.13. The molecule has 2 aromatic heterocycles. The molecule has 2 heterocycles. The van der Waals surface area contributed by atoms with E-state index in [0.717, 1.165) is 40.2 Å². The van der Waals surface area contributed by atoms with Crippen LogP contribution >= 0.6 is 11.6 Å². The van der Waals surface area contributed by atoms with Gasteiger partial charge in [0.1, 0.15) is 11.3 Å². The molecular weight excluding hydrogens is 274 g/mol. The number of halogens is 1. The molecule has 3 rings (SSSR count). The van der Waals surface area contributed by atoms with Gasteiger partial charge in [-0.25, -0.2) is 4.98 Å². The number of nitrogens with zero attached hydrogens (tertiary/aromatic N) is 3. The van der Waals surface area contributed by atoms with Crippen LogP contribution in [0.3, 0.4) is 0 Å². The first-order valence-corrected chi connectivity index (χ1v) is 6.74. The summed E-state index contributed by atoms with van der Waals surface area (Å²) in [6, 6.07) is 5.49. The van der Waals surface area contributed by atoms with E-state index < -0.39 is 0 Å². The van der Waals surface area contributed by atoms with Crippen LogP contribution in [0.15, 0.2) is 18.2 Å². The molecule has 0 unspecified atom stereocenters. The molecule has 6 heteroatoms. The quantitative estimate of drug-likeness (QED) is 0.710. The van der Waals surface area contributed by atoms with Crippen LogP contribution in [-0.4, -0.2) is 20.2 Å². The average Bonchev–Trinajstić information content (AvgIpc) is 2.82. The predicted molar refractivity (Wildman–Crippen MR) is 80.7 cm³/mol. The highest BCUT2D eigenvalue weighted by molar-refractivity contribution is 6.31. The van der Waals surface area contributed by atoms with Crippen molar-refractivity contribution in [1.82, 2.24) is 20.2 Å². The molecule has 0 radical (unpaired) electrons. The number of aromatic nitrogens is 4. The minimum absolute atomic E-state index is 0.562. The number of hydrogen-bond donors (Lipinski definition) is 2. The lowest BCUT2D eigenvalue weighted by Gasteiger charge is -2.03. The molecule has 0 aliphatic carbocycles. The van der Waals surface area contributed by atoms with Crippen molar-refractivity contribution in [2.45, 2.75) is 20.3 Å². The third-order valence-electron chi connectivity index (χ3n) is 3.16. The summed E-state index contributed by atoms with van der Waals surface area (Å²) >= 11 is 6.01. The highest BCUT2D eigenvalue weighted by atomic mass is 35.5. The van der Waals surface area contributed by atoms with Gasteiger partial charge in [0.15, 0.2) is 0 Å². The molecule has 102 valence electrons. The Bertz CT molecular complexity index is 794. The zero-order chi connectivity index (χ0) is 14.3. The molecule has 0 bridgehead atoms. The van der Waals surface area contributed by atoms with Crippen LogP contribution in [0, 0.1) is 6.92 Å². The highest BCUT2D eigenvalue weighted by Crippen LogP contribution is 2.28. The van der Waals surface area contributed by atoms with Gasteiger partial charge in [-0.15, -0.1) is 0 Å². The van der Waals surface area contributed by atoms with Gasteiger partial charge >= 0.3 is 0 Å². The summed E-state index contributed by atoms with van der Waals surface area (Å²) in [4.78, 5) is 7.82. The SMILES string of the molecule is CCc1nnc(C)cc1-c1nc2c(N)cc(Cl)cc2[nH]1. The van der Waals surface area contributed by atoms with Crippen molar-refractivity contribution in [1.29, 1.82) is 0 Å². The smallest absolute Gasteiger partial charge is 0.140 e. The number of nitrogens with two attached hydrogens (primary N) is 1. The van der Waals surface area contributed by atoms with Crippen molar-refractivity contribution >= 4 is 28.3 Å². The lowest BCUT2D eigenvalue weighted by molar-refractivity contribution is 0.893. The zero-order valence-electron chi connectivity index (χ0n) is 11.2. The topological polar surface area (TPSA) is 80.5 Å². The number of nitrogens with one attached hydrogen (secondary N) is 1. The second-order valence-corrected chi connectivity index (χ2v) is 5.11. The summed E-state index contributed by atoms with van der Waals surface area (Å²) < 4.78 is 0. The Balaban J connectivity index is 2.25. The van der Waals surface area contributed by atoms with Gasteiger partial charge in [0.05, 0.1) is 22.6 Å². The largest absolute Gasteiger partial charge is 0.397 e. The maximum Gasteiger partial charge on any atom is 0.140 e. The van der Waals surface area contributed by atoms with Crippen LogP contribution < -0.4 is 5.73 Å². The van der Waals surface area contributed by atoms with Gasteiger partial charge in [-0.3, -0.25) is 0 Å². The first kappa shape index (κ1) is 12.9. The molecule has 1 aromatic carbocycles. The molecule has 0 fully saturated rings. The van der Waals surface area contributed by atoms with Crippen molar-refractivity contribution in [3.8, 4) is 11.4 Å². The number of benzene rings is 1. The minimum Gasteiger partial charge on any atom is -0.397 e. The number of imidazole rings is 1. The third kappa shape index (κ3) is 2.10. The Morgan fingerprint density at radius 3 is 2.80 bits per heavy atom. The second kappa shape index (κ2) is 4.76. The Labute approximate surface area is 121 Å². The van der Waals surface area contributed by atoms with Gasteiger partial charge in [0.25, 0.3) is 0 Å². The van der Waals surface area contributed by atoms with Gasteiger partial charge in [0, 0.05) is 10.6 Å². The van der Waals surface area contributed by atoms with Crippen molar-refractivity contribution in [3.63, 3.8) is 0 Å². The summed E-state index contributed by atoms with van der Waals surface area (Å²) in [5.74, 6) is 0.740. The first-order chi connectivity index (χ1) is 9.58. The standard InChI is InChI=1S/C14H14ClN5/c1-3-11-9(4-7(2)19-20-11)14-17-12-6-8(15)5-10(16)13(12)18-14/h4-6H,3,16H2,1-2H3,(H,17,18). The van der Waals surface area contributed by atoms with Crippen LogP contribution in [0.25, 0.3) is 22.4 Å². The first-order valence-electron chi connectivity index (χ1n) is 6.36. The van der Waals surface area contributed by atoms with Gasteiger partial charge in [-0.1, -0.05) is 18.5 Å². The molecule has 0 atom stereocenters. The fourth-order valence-corrected chi connectivity index (χ4v) is 2.44. The number of fused-ring (bicyclic) bond motifs is 1. The average molecular weight is 288 g/mol. The van der Waals surface area contributed by atoms with Crippen molar-refractivity contribution < 1.29 is 0 Å². The van der Waals surface area contributed by atoms with Crippen LogP contribution in [0.2, 0.25) is 5.02 Å². The zero-order valence-corrected chi connectivity index (χ0v) is 12.0. The number of anilines is 1. The maximum atomic E-state index is 6.01. The Kier molecular flexibility index (Phi) is 3.06. The summed E-state index contributed by atoms with van der Waals surface area (Å²) in [7, 11) is 0. The summed E-state index contributed by atoms with van der Waals surface area (Å²) in [5.41, 5.74) is 10.8. The number of aryl methyl sites for hydroxylation is 2. The number of nitrogen functional groups attached to an aromatic ring is 1. The lowest BCUT2D eigenvalue weighted by Crippen LogP contribution is -1.98. The lowest BCUT2D eigenvalue weighted by atomic mass is 10.1. The molecule has 3 N–H and O–H groups in total. The van der Waals surface area contributed by atoms with E-state index in [1.54, 1.807) is 6.07 Å². The van der Waals surface area contributed by atoms with Crippen molar-refractivity contribution in [2.24, 2.45) is 0 Å². The second-order valence-electron chi connectivity index (χ2n) is 4.68. The molecule has 0 aliphatic rings. The van der Waals surface area contributed by atoms with E-state index in [2.05, 4.69) is 20.2 Å². The Morgan fingerprint density at radius 1 is 1.25 bits per heavy atom. The van der Waals surface area contributed by atoms with E-state index in [1.165, 1.54) is 0 Å². The van der Waals surface area contributed by atoms with E-state index in [1.807, 2.05) is 26.0 Å². The summed E-state index contributed by atoms with van der Waals surface area (Å²) in [6.45, 7) is 3.94. The number of hydrogen-bond acceptors (Lipinski definition) is 4. The molecule has 0 spiro atoms. The molecular formula is C14H14ClN5. The molecule has 20 heavy (non-hydrogen) atoms. The molecule has 0 amide bonds. The van der Waals surface area contributed by atoms with Crippen LogP contribution in [0.4, 0.5) is 5.69 Å². The maximum absolute atomic E-state index is 6.01. The molecule has 3 aromatic rings. The number of rotatable bonds is 2. The van der Waals surface area contributed by atoms with E-state index in [0.29, 0.717) is 10.7 Å². The van der Waals surface area contributed by atoms with Crippen LogP contribution in [0.5, 0.6) is 0 Å². The van der Waals surface area contributed by atoms with E-state index in [9.17, 15) is 0 Å². The van der Waals surface area contributed by atoms with Gasteiger partial charge in [-0.05, 0) is 31.5 Å². The van der Waals surface area contributed by atoms with E-state index in [-0.39, 0.29) is 0 Å². The Morgan fingerprint density at radius 2 is 2.05 bits per heavy atom. The van der Waals surface area contributed by atoms with Crippen molar-refractivity contribution in [2.75, 3.05) is 5.73 Å². The van der Waals surface area contributed by atoms with Gasteiger partial charge < -0.3 is 10.7 Å². The fourth-order valence-electron chi connectivity index (χ4n) is 2.22. The minimum atomic E-state index is 0.562. The van der Waals surface area contributed by atoms with Crippen LogP contribution in [-0.2, 0) is 6.42 Å². The molecule has 5 nitrogen and oxygen atoms in total. The van der Waals surface area contributed by atoms with Gasteiger partial charge in [-0.2, -0.15) is 10.2 Å². The monoisotopic (exact) mass is 287 g/mol. The normalized spacial score (nSPS) is 11.2. The molecule has 0 saturated carbocycles. The van der Waals surface area contributed by atoms with Gasteiger partial charge in [0.2, 0.25) is 0 Å². The fraction of sp³-hybridized carbons (Fsp3) is 0.214. The number of aromatic amines is 1. The van der Waals surface area contributed by atoms with Crippen molar-refractivity contribution in [3.05, 3.63) is 34.6 Å². The van der Waals surface area contributed by atoms with Crippen LogP contribution in [0.1, 0.15) is 18.3 Å². The third-order valence-corrected chi connectivity index (χ3v) is 3.38. The predicted octanol–water partition coefficient (Wildman–Crippen LogP) is 3.13. The Hall–Kier alpha value is -2.14.